The highest BCUT2D eigenvalue weighted by atomic mass is 32.1. The van der Waals surface area contributed by atoms with Crippen LogP contribution in [0.25, 0.3) is 10.2 Å². The van der Waals surface area contributed by atoms with Crippen LogP contribution in [0, 0.1) is 10.1 Å². The van der Waals surface area contributed by atoms with Gasteiger partial charge in [0.15, 0.2) is 5.13 Å². The monoisotopic (exact) mass is 408 g/mol. The number of benzene rings is 2. The molecule has 0 atom stereocenters. The summed E-state index contributed by atoms with van der Waals surface area (Å²) in [6.45, 7) is 0.402. The van der Waals surface area contributed by atoms with Crippen LogP contribution in [0.5, 0.6) is 5.75 Å². The molecule has 29 heavy (non-hydrogen) atoms. The van der Waals surface area contributed by atoms with Gasteiger partial charge in [0.05, 0.1) is 22.2 Å². The molecular formula is C19H16N6O3S. The molecule has 2 aromatic carbocycles. The molecule has 2 heterocycles. The molecule has 0 fully saturated rings. The Morgan fingerprint density at radius 1 is 1.14 bits per heavy atom. The maximum atomic E-state index is 11.7. The molecule has 0 saturated heterocycles. The Hall–Kier alpha value is -3.79. The Kier molecular flexibility index (Phi) is 5.16. The Morgan fingerprint density at radius 2 is 1.93 bits per heavy atom. The van der Waals surface area contributed by atoms with Gasteiger partial charge in [-0.2, -0.15) is 0 Å². The molecule has 0 aliphatic carbocycles. The molecule has 0 bridgehead atoms. The van der Waals surface area contributed by atoms with E-state index in [4.69, 9.17) is 4.74 Å². The number of aromatic nitrogens is 3. The van der Waals surface area contributed by atoms with E-state index in [1.54, 1.807) is 7.11 Å². The van der Waals surface area contributed by atoms with E-state index in [0.29, 0.717) is 17.4 Å². The van der Waals surface area contributed by atoms with Gasteiger partial charge in [0, 0.05) is 6.54 Å². The molecule has 0 saturated carbocycles. The molecule has 0 aliphatic heterocycles. The van der Waals surface area contributed by atoms with Crippen LogP contribution in [0.1, 0.15) is 5.56 Å². The predicted octanol–water partition coefficient (Wildman–Crippen LogP) is 4.36. The number of nitro groups is 1. The number of anilines is 3. The lowest BCUT2D eigenvalue weighted by atomic mass is 10.2. The third-order valence-electron chi connectivity index (χ3n) is 4.13. The van der Waals surface area contributed by atoms with E-state index in [1.165, 1.54) is 17.7 Å². The molecule has 0 radical (unpaired) electrons. The second-order valence-corrected chi connectivity index (χ2v) is 7.02. The summed E-state index contributed by atoms with van der Waals surface area (Å²) < 4.78 is 6.11. The van der Waals surface area contributed by atoms with Gasteiger partial charge in [0.1, 0.15) is 12.1 Å². The third kappa shape index (κ3) is 4.06. The van der Waals surface area contributed by atoms with Gasteiger partial charge in [-0.1, -0.05) is 41.7 Å². The third-order valence-corrected chi connectivity index (χ3v) is 5.06. The summed E-state index contributed by atoms with van der Waals surface area (Å²) in [6, 6.07) is 15.1. The van der Waals surface area contributed by atoms with Crippen molar-refractivity contribution in [1.82, 2.24) is 15.0 Å². The van der Waals surface area contributed by atoms with Crippen molar-refractivity contribution in [3.63, 3.8) is 0 Å². The van der Waals surface area contributed by atoms with Crippen molar-refractivity contribution >= 4 is 44.0 Å². The van der Waals surface area contributed by atoms with E-state index in [-0.39, 0.29) is 17.3 Å². The van der Waals surface area contributed by atoms with E-state index >= 15 is 0 Å². The first-order valence-corrected chi connectivity index (χ1v) is 9.44. The first-order valence-electron chi connectivity index (χ1n) is 8.63. The Labute approximate surface area is 169 Å². The fourth-order valence-corrected chi connectivity index (χ4v) is 3.63. The summed E-state index contributed by atoms with van der Waals surface area (Å²) in [4.78, 5) is 23.8. The van der Waals surface area contributed by atoms with Gasteiger partial charge in [0.2, 0.25) is 11.6 Å². The second-order valence-electron chi connectivity index (χ2n) is 5.99. The summed E-state index contributed by atoms with van der Waals surface area (Å²) in [7, 11) is 1.59. The number of methoxy groups -OCH3 is 1. The first-order chi connectivity index (χ1) is 14.1. The van der Waals surface area contributed by atoms with Crippen molar-refractivity contribution < 1.29 is 9.66 Å². The number of nitrogens with one attached hydrogen (secondary N) is 2. The average Bonchev–Trinajstić information content (AvgIpc) is 3.14. The average molecular weight is 408 g/mol. The fraction of sp³-hybridized carbons (Fsp3) is 0.105. The highest BCUT2D eigenvalue weighted by Crippen LogP contribution is 2.35. The van der Waals surface area contributed by atoms with E-state index in [1.807, 2.05) is 48.5 Å². The zero-order valence-corrected chi connectivity index (χ0v) is 16.1. The first kappa shape index (κ1) is 18.6. The van der Waals surface area contributed by atoms with Gasteiger partial charge in [-0.15, -0.1) is 0 Å². The summed E-state index contributed by atoms with van der Waals surface area (Å²) in [6.07, 6.45) is 1.28. The quantitative estimate of drug-likeness (QED) is 0.342. The molecular weight excluding hydrogens is 392 g/mol. The molecule has 0 unspecified atom stereocenters. The number of ether oxygens (including phenoxy) is 1. The molecule has 146 valence electrons. The van der Waals surface area contributed by atoms with E-state index in [0.717, 1.165) is 15.8 Å². The van der Waals surface area contributed by atoms with Crippen LogP contribution in [0.15, 0.2) is 54.9 Å². The van der Waals surface area contributed by atoms with Crippen molar-refractivity contribution in [2.75, 3.05) is 17.7 Å². The second kappa shape index (κ2) is 8.07. The largest absolute Gasteiger partial charge is 0.497 e. The number of hydrogen-bond acceptors (Lipinski definition) is 9. The SMILES string of the molecule is COc1ccc2nc(Nc3ncnc(NCc4ccccc4)c3[N+](=O)[O-])sc2c1. The molecule has 2 aromatic heterocycles. The van der Waals surface area contributed by atoms with Crippen LogP contribution in [-0.4, -0.2) is 27.0 Å². The van der Waals surface area contributed by atoms with Gasteiger partial charge < -0.3 is 15.4 Å². The molecule has 0 amide bonds. The summed E-state index contributed by atoms with van der Waals surface area (Å²) >= 11 is 1.35. The highest BCUT2D eigenvalue weighted by Gasteiger charge is 2.24. The summed E-state index contributed by atoms with van der Waals surface area (Å²) in [5.41, 5.74) is 1.51. The zero-order chi connectivity index (χ0) is 20.2. The highest BCUT2D eigenvalue weighted by molar-refractivity contribution is 7.22. The Balaban J connectivity index is 1.62. The minimum atomic E-state index is -0.508. The number of thiazole rings is 1. The number of fused-ring (bicyclic) bond motifs is 1. The fourth-order valence-electron chi connectivity index (χ4n) is 2.74. The van der Waals surface area contributed by atoms with Crippen LogP contribution in [0.4, 0.5) is 22.5 Å². The van der Waals surface area contributed by atoms with E-state index in [2.05, 4.69) is 25.6 Å². The lowest BCUT2D eigenvalue weighted by molar-refractivity contribution is -0.383. The van der Waals surface area contributed by atoms with Crippen molar-refractivity contribution in [2.24, 2.45) is 0 Å². The van der Waals surface area contributed by atoms with Crippen LogP contribution in [0.2, 0.25) is 0 Å². The minimum Gasteiger partial charge on any atom is -0.497 e. The molecule has 0 aliphatic rings. The van der Waals surface area contributed by atoms with Gasteiger partial charge in [0.25, 0.3) is 0 Å². The number of nitrogens with zero attached hydrogens (tertiary/aromatic N) is 4. The smallest absolute Gasteiger partial charge is 0.353 e. The van der Waals surface area contributed by atoms with Gasteiger partial charge in [-0.05, 0) is 23.8 Å². The van der Waals surface area contributed by atoms with Crippen molar-refractivity contribution in [3.05, 3.63) is 70.5 Å². The molecule has 10 heteroatoms. The maximum Gasteiger partial charge on any atom is 0.353 e. The lowest BCUT2D eigenvalue weighted by Crippen LogP contribution is -2.08. The molecule has 2 N–H and O–H groups in total. The Morgan fingerprint density at radius 3 is 2.69 bits per heavy atom. The van der Waals surface area contributed by atoms with Crippen molar-refractivity contribution in [2.45, 2.75) is 6.54 Å². The van der Waals surface area contributed by atoms with Crippen LogP contribution in [0.3, 0.4) is 0 Å². The molecule has 9 nitrogen and oxygen atoms in total. The van der Waals surface area contributed by atoms with Crippen LogP contribution < -0.4 is 15.4 Å². The predicted molar refractivity (Wildman–Crippen MR) is 112 cm³/mol. The van der Waals surface area contributed by atoms with Crippen molar-refractivity contribution in [3.8, 4) is 5.75 Å². The maximum absolute atomic E-state index is 11.7. The van der Waals surface area contributed by atoms with E-state index in [9.17, 15) is 10.1 Å². The van der Waals surface area contributed by atoms with Gasteiger partial charge in [-0.25, -0.2) is 15.0 Å². The minimum absolute atomic E-state index is 0.0755. The zero-order valence-electron chi connectivity index (χ0n) is 15.3. The van der Waals surface area contributed by atoms with Gasteiger partial charge in [-0.3, -0.25) is 10.1 Å². The topological polar surface area (TPSA) is 115 Å². The summed E-state index contributed by atoms with van der Waals surface area (Å²) in [5.74, 6) is 0.929. The normalized spacial score (nSPS) is 10.7. The van der Waals surface area contributed by atoms with Crippen LogP contribution in [-0.2, 0) is 6.54 Å². The van der Waals surface area contributed by atoms with Crippen molar-refractivity contribution in [1.29, 1.82) is 0 Å². The summed E-state index contributed by atoms with van der Waals surface area (Å²) in [5, 5.41) is 18.2. The standard InChI is InChI=1S/C19H16N6O3S/c1-28-13-7-8-14-15(9-13)29-19(23-14)24-18-16(25(26)27)17(21-11-22-18)20-10-12-5-3-2-4-6-12/h2-9,11H,10H2,1H3,(H2,20,21,22,23,24). The Bertz CT molecular complexity index is 1170. The molecule has 0 spiro atoms. The molecule has 4 rings (SSSR count). The molecule has 4 aromatic rings. The van der Waals surface area contributed by atoms with Gasteiger partial charge >= 0.3 is 5.69 Å². The number of hydrogen-bond donors (Lipinski definition) is 2. The van der Waals surface area contributed by atoms with Crippen LogP contribution >= 0.6 is 11.3 Å². The lowest BCUT2D eigenvalue weighted by Gasteiger charge is -2.08. The van der Waals surface area contributed by atoms with E-state index < -0.39 is 4.92 Å². The number of rotatable bonds is 7.